The monoisotopic (exact) mass is 492 g/mol. The number of benzene rings is 2. The van der Waals surface area contributed by atoms with Crippen molar-refractivity contribution in [1.82, 2.24) is 10.2 Å². The molecule has 0 radical (unpaired) electrons. The molecule has 2 aromatic rings. The van der Waals surface area contributed by atoms with Crippen LogP contribution in [0, 0.1) is 6.92 Å². The summed E-state index contributed by atoms with van der Waals surface area (Å²) in [6.45, 7) is 11.1. The number of carbonyl (C=O) groups excluding carboxylic acids is 3. The minimum absolute atomic E-state index is 0.0965. The number of imide groups is 1. The molecule has 0 aliphatic carbocycles. The van der Waals surface area contributed by atoms with Gasteiger partial charge in [-0.2, -0.15) is 0 Å². The van der Waals surface area contributed by atoms with Gasteiger partial charge in [-0.1, -0.05) is 17.7 Å². The lowest BCUT2D eigenvalue weighted by molar-refractivity contribution is -0.127. The van der Waals surface area contributed by atoms with Gasteiger partial charge in [0.1, 0.15) is 12.2 Å². The number of carbonyl (C=O) groups is 3. The zero-order valence-corrected chi connectivity index (χ0v) is 21.3. The van der Waals surface area contributed by atoms with Gasteiger partial charge in [-0.15, -0.1) is 0 Å². The molecule has 0 unspecified atom stereocenters. The Balaban J connectivity index is 1.56. The summed E-state index contributed by atoms with van der Waals surface area (Å²) in [6.07, 6.45) is 3.92. The molecule has 2 aliphatic heterocycles. The number of aryl methyl sites for hydroxylation is 1. The Morgan fingerprint density at radius 1 is 1.14 bits per heavy atom. The van der Waals surface area contributed by atoms with E-state index in [0.717, 1.165) is 39.4 Å². The fraction of sp³-hybridized carbons (Fsp3) is 0.296. The van der Waals surface area contributed by atoms with Crippen molar-refractivity contribution in [3.05, 3.63) is 69.9 Å². The summed E-state index contributed by atoms with van der Waals surface area (Å²) < 4.78 is 0. The van der Waals surface area contributed by atoms with Crippen molar-refractivity contribution in [2.75, 3.05) is 23.3 Å². The first kappa shape index (κ1) is 24.5. The fourth-order valence-corrected chi connectivity index (χ4v) is 4.85. The van der Waals surface area contributed by atoms with E-state index >= 15 is 0 Å². The van der Waals surface area contributed by atoms with E-state index in [4.69, 9.17) is 11.6 Å². The smallest absolute Gasteiger partial charge is 0.329 e. The Labute approximate surface area is 210 Å². The molecular weight excluding hydrogens is 464 g/mol. The highest BCUT2D eigenvalue weighted by molar-refractivity contribution is 6.30. The number of amides is 4. The van der Waals surface area contributed by atoms with Crippen LogP contribution in [0.25, 0.3) is 11.6 Å². The summed E-state index contributed by atoms with van der Waals surface area (Å²) in [5.74, 6) is -1.02. The number of urea groups is 1. The van der Waals surface area contributed by atoms with Crippen LogP contribution in [0.5, 0.6) is 0 Å². The SMILES string of the molecule is CCN1c2cc(C)c(/C=C3\NC(=O)N(CC(=O)Nc4ccc(Cl)cc4)C3=O)cc2C(C)=CC1(C)C. The molecule has 1 saturated heterocycles. The van der Waals surface area contributed by atoms with Gasteiger partial charge >= 0.3 is 6.03 Å². The largest absolute Gasteiger partial charge is 0.363 e. The Bertz CT molecular complexity index is 1280. The number of hydrogen-bond acceptors (Lipinski definition) is 4. The summed E-state index contributed by atoms with van der Waals surface area (Å²) >= 11 is 5.86. The molecule has 0 saturated carbocycles. The zero-order chi connectivity index (χ0) is 25.5. The third-order valence-corrected chi connectivity index (χ3v) is 6.63. The Morgan fingerprint density at radius 2 is 1.83 bits per heavy atom. The lowest BCUT2D eigenvalue weighted by Crippen LogP contribution is -2.44. The van der Waals surface area contributed by atoms with Gasteiger partial charge in [0.2, 0.25) is 5.91 Å². The average molecular weight is 493 g/mol. The molecule has 0 bridgehead atoms. The second-order valence-electron chi connectivity index (χ2n) is 9.39. The minimum Gasteiger partial charge on any atom is -0.363 e. The number of anilines is 2. The van der Waals surface area contributed by atoms with Crippen LogP contribution in [-0.4, -0.2) is 41.4 Å². The van der Waals surface area contributed by atoms with E-state index < -0.39 is 24.4 Å². The highest BCUT2D eigenvalue weighted by atomic mass is 35.5. The maximum Gasteiger partial charge on any atom is 0.329 e. The fourth-order valence-electron chi connectivity index (χ4n) is 4.73. The molecule has 7 nitrogen and oxygen atoms in total. The minimum atomic E-state index is -0.627. The van der Waals surface area contributed by atoms with E-state index in [9.17, 15) is 14.4 Å². The van der Waals surface area contributed by atoms with E-state index in [0.29, 0.717) is 10.7 Å². The lowest BCUT2D eigenvalue weighted by Gasteiger charge is -2.43. The molecule has 4 amide bonds. The summed E-state index contributed by atoms with van der Waals surface area (Å²) in [5.41, 5.74) is 5.81. The van der Waals surface area contributed by atoms with Crippen LogP contribution < -0.4 is 15.5 Å². The van der Waals surface area contributed by atoms with Crippen molar-refractivity contribution in [2.45, 2.75) is 40.2 Å². The topological polar surface area (TPSA) is 81.8 Å². The molecule has 0 atom stereocenters. The highest BCUT2D eigenvalue weighted by Crippen LogP contribution is 2.40. The third-order valence-electron chi connectivity index (χ3n) is 6.37. The maximum absolute atomic E-state index is 13.0. The second-order valence-corrected chi connectivity index (χ2v) is 9.82. The molecule has 4 rings (SSSR count). The third kappa shape index (κ3) is 4.82. The van der Waals surface area contributed by atoms with Crippen LogP contribution in [0.4, 0.5) is 16.2 Å². The molecule has 2 aliphatic rings. The molecule has 182 valence electrons. The van der Waals surface area contributed by atoms with Crippen LogP contribution in [0.15, 0.2) is 48.2 Å². The first-order chi connectivity index (χ1) is 16.5. The van der Waals surface area contributed by atoms with Gasteiger partial charge in [-0.25, -0.2) is 9.69 Å². The van der Waals surface area contributed by atoms with Crippen molar-refractivity contribution < 1.29 is 14.4 Å². The van der Waals surface area contributed by atoms with Crippen LogP contribution in [0.1, 0.15) is 44.4 Å². The summed E-state index contributed by atoms with van der Waals surface area (Å²) in [7, 11) is 0. The van der Waals surface area contributed by atoms with E-state index in [1.165, 1.54) is 0 Å². The number of nitrogens with one attached hydrogen (secondary N) is 2. The Morgan fingerprint density at radius 3 is 2.49 bits per heavy atom. The van der Waals surface area contributed by atoms with E-state index in [1.54, 1.807) is 30.3 Å². The standard InChI is InChI=1S/C27H29ClN4O3/c1-6-32-23-11-16(2)18(12-21(23)17(3)14-27(32,4)5)13-22-25(34)31(26(35)30-22)15-24(33)29-20-9-7-19(28)8-10-20/h7-14H,6,15H2,1-5H3,(H,29,33)(H,30,35)/b22-13-. The van der Waals surface area contributed by atoms with Gasteiger partial charge in [0.15, 0.2) is 0 Å². The van der Waals surface area contributed by atoms with Gasteiger partial charge in [-0.3, -0.25) is 9.59 Å². The Hall–Kier alpha value is -3.58. The van der Waals surface area contributed by atoms with Crippen molar-refractivity contribution in [3.63, 3.8) is 0 Å². The summed E-state index contributed by atoms with van der Waals surface area (Å²) in [5, 5.41) is 5.81. The number of hydrogen-bond donors (Lipinski definition) is 2. The summed E-state index contributed by atoms with van der Waals surface area (Å²) in [6, 6.07) is 10.1. The number of halogens is 1. The van der Waals surface area contributed by atoms with Gasteiger partial charge in [0.05, 0.1) is 5.54 Å². The van der Waals surface area contributed by atoms with Crippen LogP contribution in [0.2, 0.25) is 5.02 Å². The molecule has 2 N–H and O–H groups in total. The normalized spacial score (nSPS) is 17.9. The molecule has 2 aromatic carbocycles. The molecule has 2 heterocycles. The number of allylic oxidation sites excluding steroid dienone is 1. The quantitative estimate of drug-likeness (QED) is 0.444. The van der Waals surface area contributed by atoms with Crippen molar-refractivity contribution >= 4 is 52.5 Å². The van der Waals surface area contributed by atoms with Crippen molar-refractivity contribution in [2.24, 2.45) is 0 Å². The second kappa shape index (κ2) is 9.23. The average Bonchev–Trinajstić information content (AvgIpc) is 3.03. The lowest BCUT2D eigenvalue weighted by atomic mass is 9.87. The van der Waals surface area contributed by atoms with Gasteiger partial charge in [-0.05, 0) is 93.8 Å². The molecule has 35 heavy (non-hydrogen) atoms. The number of nitrogens with zero attached hydrogens (tertiary/aromatic N) is 2. The molecular formula is C27H29ClN4O3. The van der Waals surface area contributed by atoms with Crippen LogP contribution in [-0.2, 0) is 9.59 Å². The number of likely N-dealkylation sites (N-methyl/N-ethyl adjacent to an activating group) is 1. The predicted molar refractivity (Wildman–Crippen MR) is 140 cm³/mol. The first-order valence-electron chi connectivity index (χ1n) is 11.5. The molecule has 0 spiro atoms. The zero-order valence-electron chi connectivity index (χ0n) is 20.5. The summed E-state index contributed by atoms with van der Waals surface area (Å²) in [4.78, 5) is 41.1. The maximum atomic E-state index is 13.0. The Kier molecular flexibility index (Phi) is 6.47. The predicted octanol–water partition coefficient (Wildman–Crippen LogP) is 5.20. The van der Waals surface area contributed by atoms with Crippen LogP contribution in [0.3, 0.4) is 0 Å². The number of rotatable bonds is 5. The van der Waals surface area contributed by atoms with Gasteiger partial charge in [0, 0.05) is 28.5 Å². The van der Waals surface area contributed by atoms with Gasteiger partial charge < -0.3 is 15.5 Å². The van der Waals surface area contributed by atoms with Crippen LogP contribution >= 0.6 is 11.6 Å². The first-order valence-corrected chi connectivity index (χ1v) is 11.9. The number of fused-ring (bicyclic) bond motifs is 1. The highest BCUT2D eigenvalue weighted by Gasteiger charge is 2.35. The molecule has 8 heteroatoms. The molecule has 1 fully saturated rings. The molecule has 0 aromatic heterocycles. The van der Waals surface area contributed by atoms with E-state index in [-0.39, 0.29) is 11.2 Å². The van der Waals surface area contributed by atoms with Crippen molar-refractivity contribution in [1.29, 1.82) is 0 Å². The van der Waals surface area contributed by atoms with E-state index in [2.05, 4.69) is 61.4 Å². The van der Waals surface area contributed by atoms with Crippen molar-refractivity contribution in [3.8, 4) is 0 Å². The van der Waals surface area contributed by atoms with Gasteiger partial charge in [0.25, 0.3) is 5.91 Å². The van der Waals surface area contributed by atoms with E-state index in [1.807, 2.05) is 6.92 Å².